The van der Waals surface area contributed by atoms with E-state index in [1.54, 1.807) is 0 Å². The number of nitrogens with zero attached hydrogens (tertiary/aromatic N) is 4. The van der Waals surface area contributed by atoms with Crippen LogP contribution in [-0.2, 0) is 19.6 Å². The van der Waals surface area contributed by atoms with Gasteiger partial charge in [0.2, 0.25) is 0 Å². The summed E-state index contributed by atoms with van der Waals surface area (Å²) in [7, 11) is 0. The van der Waals surface area contributed by atoms with Crippen LogP contribution in [-0.4, -0.2) is 31.8 Å². The van der Waals surface area contributed by atoms with E-state index in [0.29, 0.717) is 11.3 Å². The molecular weight excluding hydrogens is 406 g/mol. The predicted molar refractivity (Wildman–Crippen MR) is 121 cm³/mol. The summed E-state index contributed by atoms with van der Waals surface area (Å²) < 4.78 is 2.23. The molecule has 8 nitrogen and oxygen atoms in total. The van der Waals surface area contributed by atoms with Crippen LogP contribution in [0.2, 0.25) is 0 Å². The molecule has 1 amide bonds. The summed E-state index contributed by atoms with van der Waals surface area (Å²) >= 11 is 0. The van der Waals surface area contributed by atoms with Crippen molar-refractivity contribution in [2.75, 3.05) is 11.9 Å². The van der Waals surface area contributed by atoms with E-state index in [9.17, 15) is 14.9 Å². The van der Waals surface area contributed by atoms with Gasteiger partial charge in [0.15, 0.2) is 0 Å². The van der Waals surface area contributed by atoms with E-state index in [-0.39, 0.29) is 11.6 Å². The number of anilines is 1. The quantitative estimate of drug-likeness (QED) is 0.380. The maximum Gasteiger partial charge on any atom is 0.269 e. The van der Waals surface area contributed by atoms with Crippen molar-refractivity contribution in [2.24, 2.45) is 0 Å². The first-order valence-corrected chi connectivity index (χ1v) is 10.4. The first kappa shape index (κ1) is 19.9. The van der Waals surface area contributed by atoms with Crippen molar-refractivity contribution in [3.63, 3.8) is 0 Å². The van der Waals surface area contributed by atoms with Crippen LogP contribution in [0.4, 0.5) is 11.4 Å². The summed E-state index contributed by atoms with van der Waals surface area (Å²) in [5.41, 5.74) is 4.12. The fraction of sp³-hybridized carbons (Fsp3) is 0.167. The number of rotatable bonds is 5. The lowest BCUT2D eigenvalue weighted by Gasteiger charge is -2.27. The Labute approximate surface area is 184 Å². The summed E-state index contributed by atoms with van der Waals surface area (Å²) in [4.78, 5) is 30.0. The number of hydrogen-bond acceptors (Lipinski definition) is 5. The van der Waals surface area contributed by atoms with Crippen molar-refractivity contribution in [2.45, 2.75) is 19.6 Å². The van der Waals surface area contributed by atoms with Crippen molar-refractivity contribution >= 4 is 28.3 Å². The van der Waals surface area contributed by atoms with Gasteiger partial charge in [-0.2, -0.15) is 0 Å². The molecule has 0 bridgehead atoms. The molecule has 8 heteroatoms. The van der Waals surface area contributed by atoms with Gasteiger partial charge in [-0.3, -0.25) is 19.8 Å². The minimum Gasteiger partial charge on any atom is -0.326 e. The van der Waals surface area contributed by atoms with Gasteiger partial charge in [-0.1, -0.05) is 30.3 Å². The molecule has 0 atom stereocenters. The molecule has 3 aromatic carbocycles. The van der Waals surface area contributed by atoms with E-state index in [2.05, 4.69) is 39.0 Å². The van der Waals surface area contributed by atoms with Crippen LogP contribution < -0.4 is 5.32 Å². The second kappa shape index (κ2) is 8.24. The fourth-order valence-electron chi connectivity index (χ4n) is 4.06. The molecule has 1 N–H and O–H groups in total. The van der Waals surface area contributed by atoms with Gasteiger partial charge in [0.25, 0.3) is 11.6 Å². The summed E-state index contributed by atoms with van der Waals surface area (Å²) in [6, 6.07) is 21.7. The topological polar surface area (TPSA) is 93.3 Å². The van der Waals surface area contributed by atoms with Gasteiger partial charge in [-0.05, 0) is 35.9 Å². The van der Waals surface area contributed by atoms with Crippen LogP contribution in [0.3, 0.4) is 0 Å². The number of nitro groups is 1. The Morgan fingerprint density at radius 1 is 1.03 bits per heavy atom. The Balaban J connectivity index is 1.32. The van der Waals surface area contributed by atoms with Crippen molar-refractivity contribution in [3.8, 4) is 0 Å². The lowest BCUT2D eigenvalue weighted by atomic mass is 10.2. The molecule has 0 saturated carbocycles. The van der Waals surface area contributed by atoms with Crippen molar-refractivity contribution < 1.29 is 9.72 Å². The SMILES string of the molecule is O=C(Nc1ccc2c(c1)nc1n2CCN(Cc2ccccc2)C1)c1ccc([N+](=O)[O-])cc1. The van der Waals surface area contributed by atoms with Gasteiger partial charge in [0.05, 0.1) is 22.5 Å². The van der Waals surface area contributed by atoms with Gasteiger partial charge in [-0.25, -0.2) is 4.98 Å². The molecule has 1 aliphatic heterocycles. The van der Waals surface area contributed by atoms with Gasteiger partial charge in [0.1, 0.15) is 5.82 Å². The van der Waals surface area contributed by atoms with E-state index < -0.39 is 4.92 Å². The molecule has 0 unspecified atom stereocenters. The maximum atomic E-state index is 12.5. The predicted octanol–water partition coefficient (Wildman–Crippen LogP) is 4.21. The summed E-state index contributed by atoms with van der Waals surface area (Å²) in [5, 5.41) is 13.6. The molecule has 2 heterocycles. The molecule has 160 valence electrons. The van der Waals surface area contributed by atoms with Crippen LogP contribution in [0, 0.1) is 10.1 Å². The Bertz CT molecular complexity index is 1300. The molecule has 0 saturated heterocycles. The van der Waals surface area contributed by atoms with Gasteiger partial charge >= 0.3 is 0 Å². The second-order valence-electron chi connectivity index (χ2n) is 7.84. The van der Waals surface area contributed by atoms with Crippen molar-refractivity contribution in [3.05, 3.63) is 99.9 Å². The largest absolute Gasteiger partial charge is 0.326 e. The molecule has 0 aliphatic carbocycles. The molecule has 1 aromatic heterocycles. The van der Waals surface area contributed by atoms with E-state index in [1.807, 2.05) is 24.3 Å². The first-order valence-electron chi connectivity index (χ1n) is 10.4. The lowest BCUT2D eigenvalue weighted by molar-refractivity contribution is -0.384. The first-order chi connectivity index (χ1) is 15.6. The van der Waals surface area contributed by atoms with E-state index >= 15 is 0 Å². The van der Waals surface area contributed by atoms with Crippen LogP contribution >= 0.6 is 0 Å². The third kappa shape index (κ3) is 3.95. The minimum atomic E-state index is -0.489. The number of non-ortho nitro benzene ring substituents is 1. The molecule has 0 fully saturated rings. The summed E-state index contributed by atoms with van der Waals surface area (Å²) in [5.74, 6) is 0.693. The normalized spacial score (nSPS) is 13.6. The lowest BCUT2D eigenvalue weighted by Crippen LogP contribution is -2.33. The molecule has 4 aromatic rings. The minimum absolute atomic E-state index is 0.0483. The smallest absolute Gasteiger partial charge is 0.269 e. The van der Waals surface area contributed by atoms with E-state index in [4.69, 9.17) is 4.98 Å². The Kier molecular flexibility index (Phi) is 5.12. The zero-order valence-corrected chi connectivity index (χ0v) is 17.3. The highest BCUT2D eigenvalue weighted by molar-refractivity contribution is 6.05. The van der Waals surface area contributed by atoms with Crippen LogP contribution in [0.15, 0.2) is 72.8 Å². The highest BCUT2D eigenvalue weighted by Gasteiger charge is 2.20. The number of amides is 1. The number of nitrogens with one attached hydrogen (secondary N) is 1. The number of fused-ring (bicyclic) bond motifs is 3. The van der Waals surface area contributed by atoms with Crippen LogP contribution in [0.5, 0.6) is 0 Å². The number of carbonyl (C=O) groups is 1. The average molecular weight is 427 g/mol. The Morgan fingerprint density at radius 2 is 1.81 bits per heavy atom. The number of benzene rings is 3. The highest BCUT2D eigenvalue weighted by Crippen LogP contribution is 2.25. The third-order valence-electron chi connectivity index (χ3n) is 5.68. The maximum absolute atomic E-state index is 12.5. The molecule has 32 heavy (non-hydrogen) atoms. The summed E-state index contributed by atoms with van der Waals surface area (Å²) in [6.45, 7) is 3.48. The second-order valence-corrected chi connectivity index (χ2v) is 7.84. The van der Waals surface area contributed by atoms with E-state index in [1.165, 1.54) is 29.8 Å². The highest BCUT2D eigenvalue weighted by atomic mass is 16.6. The fourth-order valence-corrected chi connectivity index (χ4v) is 4.06. The number of imidazole rings is 1. The Hall–Kier alpha value is -4.04. The average Bonchev–Trinajstić information content (AvgIpc) is 3.16. The van der Waals surface area contributed by atoms with Crippen LogP contribution in [0.1, 0.15) is 21.7 Å². The monoisotopic (exact) mass is 427 g/mol. The third-order valence-corrected chi connectivity index (χ3v) is 5.68. The molecule has 0 spiro atoms. The van der Waals surface area contributed by atoms with E-state index in [0.717, 1.165) is 43.0 Å². The number of carbonyl (C=O) groups excluding carboxylic acids is 1. The van der Waals surface area contributed by atoms with Gasteiger partial charge < -0.3 is 9.88 Å². The van der Waals surface area contributed by atoms with Gasteiger partial charge in [-0.15, -0.1) is 0 Å². The molecule has 1 aliphatic rings. The number of aromatic nitrogens is 2. The van der Waals surface area contributed by atoms with Crippen molar-refractivity contribution in [1.29, 1.82) is 0 Å². The van der Waals surface area contributed by atoms with Crippen molar-refractivity contribution in [1.82, 2.24) is 14.5 Å². The molecule has 5 rings (SSSR count). The zero-order chi connectivity index (χ0) is 22.1. The standard InChI is InChI=1S/C24H21N5O3/c30-24(18-6-9-20(10-7-18)29(31)32)25-19-8-11-22-21(14-19)26-23-16-27(12-13-28(22)23)15-17-4-2-1-3-5-17/h1-11,14H,12-13,15-16H2,(H,25,30). The molecule has 0 radical (unpaired) electrons. The van der Waals surface area contributed by atoms with Gasteiger partial charge in [0, 0.05) is 43.0 Å². The number of hydrogen-bond donors (Lipinski definition) is 1. The zero-order valence-electron chi connectivity index (χ0n) is 17.3. The summed E-state index contributed by atoms with van der Waals surface area (Å²) in [6.07, 6.45) is 0. The Morgan fingerprint density at radius 3 is 2.56 bits per heavy atom. The molecular formula is C24H21N5O3. The number of nitro benzene ring substituents is 1. The van der Waals surface area contributed by atoms with Crippen LogP contribution in [0.25, 0.3) is 11.0 Å².